The van der Waals surface area contributed by atoms with Gasteiger partial charge in [-0.15, -0.1) is 24.0 Å². The second-order valence-corrected chi connectivity index (χ2v) is 5.88. The van der Waals surface area contributed by atoms with Crippen molar-refractivity contribution in [1.29, 1.82) is 0 Å². The molecule has 0 amide bonds. The first kappa shape index (κ1) is 15.4. The number of nitrogens with one attached hydrogen (secondary N) is 1. The molecule has 1 aliphatic carbocycles. The number of para-hydroxylation sites is 1. The van der Waals surface area contributed by atoms with Crippen LogP contribution in [0.15, 0.2) is 29.3 Å². The van der Waals surface area contributed by atoms with Crippen molar-refractivity contribution in [2.45, 2.75) is 32.2 Å². The number of nitrogens with two attached hydrogens (primary N) is 1. The predicted molar refractivity (Wildman–Crippen MR) is 91.7 cm³/mol. The van der Waals surface area contributed by atoms with Gasteiger partial charge in [0.2, 0.25) is 0 Å². The number of nitrogens with zero attached hydrogens (tertiary/aromatic N) is 1. The van der Waals surface area contributed by atoms with Crippen molar-refractivity contribution in [1.82, 2.24) is 5.32 Å². The summed E-state index contributed by atoms with van der Waals surface area (Å²) in [4.78, 5) is 4.47. The van der Waals surface area contributed by atoms with Crippen molar-refractivity contribution < 1.29 is 4.74 Å². The summed E-state index contributed by atoms with van der Waals surface area (Å²) in [6, 6.07) is 8.32. The molecule has 20 heavy (non-hydrogen) atoms. The van der Waals surface area contributed by atoms with Crippen LogP contribution in [-0.2, 0) is 0 Å². The lowest BCUT2D eigenvalue weighted by Crippen LogP contribution is -2.37. The van der Waals surface area contributed by atoms with Gasteiger partial charge < -0.3 is 15.8 Å². The maximum absolute atomic E-state index is 5.99. The fourth-order valence-corrected chi connectivity index (χ4v) is 2.36. The van der Waals surface area contributed by atoms with Gasteiger partial charge in [0.15, 0.2) is 5.96 Å². The third kappa shape index (κ3) is 3.56. The average molecular weight is 387 g/mol. The first-order valence-electron chi connectivity index (χ1n) is 6.94. The lowest BCUT2D eigenvalue weighted by Gasteiger charge is -2.27. The number of hydrogen-bond acceptors (Lipinski definition) is 2. The third-order valence-electron chi connectivity index (χ3n) is 4.02. The molecule has 1 aromatic rings. The Morgan fingerprint density at radius 3 is 2.95 bits per heavy atom. The van der Waals surface area contributed by atoms with Gasteiger partial charge in [-0.1, -0.05) is 25.1 Å². The van der Waals surface area contributed by atoms with Gasteiger partial charge in [-0.25, -0.2) is 0 Å². The zero-order valence-corrected chi connectivity index (χ0v) is 14.1. The van der Waals surface area contributed by atoms with Gasteiger partial charge in [-0.05, 0) is 24.3 Å². The fourth-order valence-electron chi connectivity index (χ4n) is 2.36. The molecular formula is C15H22IN3O. The first-order chi connectivity index (χ1) is 9.16. The van der Waals surface area contributed by atoms with E-state index in [4.69, 9.17) is 10.5 Å². The van der Waals surface area contributed by atoms with E-state index in [2.05, 4.69) is 23.3 Å². The number of halogens is 1. The Hall–Kier alpha value is -0.980. The summed E-state index contributed by atoms with van der Waals surface area (Å²) in [7, 11) is 0. The molecule has 0 bridgehead atoms. The van der Waals surface area contributed by atoms with Crippen molar-refractivity contribution in [3.8, 4) is 5.75 Å². The Kier molecular flexibility index (Phi) is 4.78. The van der Waals surface area contributed by atoms with Crippen molar-refractivity contribution in [2.24, 2.45) is 16.1 Å². The summed E-state index contributed by atoms with van der Waals surface area (Å²) in [6.45, 7) is 3.81. The van der Waals surface area contributed by atoms with Gasteiger partial charge in [-0.2, -0.15) is 0 Å². The zero-order chi connectivity index (χ0) is 13.3. The number of guanidine groups is 1. The van der Waals surface area contributed by atoms with Crippen LogP contribution in [0.2, 0.25) is 0 Å². The molecule has 1 aliphatic heterocycles. The second kappa shape index (κ2) is 6.20. The van der Waals surface area contributed by atoms with Crippen LogP contribution in [0, 0.1) is 5.41 Å². The highest BCUT2D eigenvalue weighted by Crippen LogP contribution is 2.45. The Labute approximate surface area is 137 Å². The van der Waals surface area contributed by atoms with E-state index in [1.54, 1.807) is 0 Å². The highest BCUT2D eigenvalue weighted by Gasteiger charge is 2.36. The molecule has 1 atom stereocenters. The monoisotopic (exact) mass is 387 g/mol. The molecule has 4 nitrogen and oxygen atoms in total. The number of fused-ring (bicyclic) bond motifs is 1. The number of hydrogen-bond donors (Lipinski definition) is 2. The number of ether oxygens (including phenoxy) is 1. The largest absolute Gasteiger partial charge is 0.493 e. The second-order valence-electron chi connectivity index (χ2n) is 5.88. The minimum atomic E-state index is 0. The van der Waals surface area contributed by atoms with Crippen LogP contribution in [0.1, 0.15) is 37.8 Å². The Bertz CT molecular complexity index is 500. The molecule has 0 aromatic heterocycles. The quantitative estimate of drug-likeness (QED) is 0.477. The number of aliphatic imine (C=N–C) groups is 1. The van der Waals surface area contributed by atoms with Gasteiger partial charge in [0.1, 0.15) is 5.75 Å². The molecule has 3 rings (SSSR count). The van der Waals surface area contributed by atoms with E-state index in [1.165, 1.54) is 18.4 Å². The van der Waals surface area contributed by atoms with Gasteiger partial charge in [0, 0.05) is 18.5 Å². The van der Waals surface area contributed by atoms with E-state index in [-0.39, 0.29) is 30.0 Å². The van der Waals surface area contributed by atoms with E-state index in [0.29, 0.717) is 11.4 Å². The summed E-state index contributed by atoms with van der Waals surface area (Å²) < 4.78 is 5.64. The lowest BCUT2D eigenvalue weighted by atomic mass is 10.0. The third-order valence-corrected chi connectivity index (χ3v) is 4.02. The van der Waals surface area contributed by atoms with E-state index in [1.807, 2.05) is 18.2 Å². The molecule has 0 saturated heterocycles. The molecule has 1 fully saturated rings. The lowest BCUT2D eigenvalue weighted by molar-refractivity contribution is 0.262. The van der Waals surface area contributed by atoms with Gasteiger partial charge in [0.25, 0.3) is 0 Å². The Morgan fingerprint density at radius 2 is 2.20 bits per heavy atom. The van der Waals surface area contributed by atoms with E-state index >= 15 is 0 Å². The summed E-state index contributed by atoms with van der Waals surface area (Å²) in [5.41, 5.74) is 7.57. The maximum atomic E-state index is 5.99. The van der Waals surface area contributed by atoms with Crippen molar-refractivity contribution in [3.63, 3.8) is 0 Å². The molecule has 0 radical (unpaired) electrons. The molecule has 5 heteroatoms. The molecule has 3 N–H and O–H groups in total. The van der Waals surface area contributed by atoms with Crippen LogP contribution in [0.25, 0.3) is 0 Å². The highest BCUT2D eigenvalue weighted by molar-refractivity contribution is 14.0. The molecule has 0 spiro atoms. The molecular weight excluding hydrogens is 365 g/mol. The van der Waals surface area contributed by atoms with Gasteiger partial charge in [-0.3, -0.25) is 4.99 Å². The summed E-state index contributed by atoms with van der Waals surface area (Å²) in [5.74, 6) is 1.50. The molecule has 1 unspecified atom stereocenters. The minimum absolute atomic E-state index is 0. The van der Waals surface area contributed by atoms with Crippen LogP contribution in [0.4, 0.5) is 0 Å². The van der Waals surface area contributed by atoms with E-state index in [9.17, 15) is 0 Å². The van der Waals surface area contributed by atoms with Crippen LogP contribution < -0.4 is 15.8 Å². The molecule has 1 aromatic carbocycles. The van der Waals surface area contributed by atoms with Crippen LogP contribution in [-0.4, -0.2) is 19.1 Å². The number of rotatable bonds is 3. The normalized spacial score (nSPS) is 23.1. The highest BCUT2D eigenvalue weighted by atomic mass is 127. The van der Waals surface area contributed by atoms with Crippen molar-refractivity contribution >= 4 is 29.9 Å². The Balaban J connectivity index is 0.00000147. The smallest absolute Gasteiger partial charge is 0.189 e. The van der Waals surface area contributed by atoms with Crippen molar-refractivity contribution in [2.75, 3.05) is 13.2 Å². The summed E-state index contributed by atoms with van der Waals surface area (Å²) >= 11 is 0. The van der Waals surface area contributed by atoms with Crippen molar-refractivity contribution in [3.05, 3.63) is 29.8 Å². The van der Waals surface area contributed by atoms with E-state index < -0.39 is 0 Å². The zero-order valence-electron chi connectivity index (χ0n) is 11.8. The predicted octanol–water partition coefficient (Wildman–Crippen LogP) is 2.83. The van der Waals surface area contributed by atoms with Gasteiger partial charge >= 0.3 is 0 Å². The molecule has 1 heterocycles. The molecule has 1 saturated carbocycles. The SMILES string of the molecule is CC1(CN=C(N)NC2CCOc3ccccc32)CC1.I. The Morgan fingerprint density at radius 1 is 1.45 bits per heavy atom. The van der Waals surface area contributed by atoms with Crippen LogP contribution in [0.3, 0.4) is 0 Å². The summed E-state index contributed by atoms with van der Waals surface area (Å²) in [6.07, 6.45) is 3.46. The van der Waals surface area contributed by atoms with E-state index in [0.717, 1.165) is 25.3 Å². The minimum Gasteiger partial charge on any atom is -0.493 e. The van der Waals surface area contributed by atoms with Crippen LogP contribution >= 0.6 is 24.0 Å². The standard InChI is InChI=1S/C15H21N3O.HI/c1-15(7-8-15)10-17-14(16)18-12-6-9-19-13-5-3-2-4-11(12)13;/h2-5,12H,6-10H2,1H3,(H3,16,17,18);1H. The topological polar surface area (TPSA) is 59.6 Å². The van der Waals surface area contributed by atoms with Gasteiger partial charge in [0.05, 0.1) is 12.6 Å². The molecule has 2 aliphatic rings. The molecule has 110 valence electrons. The maximum Gasteiger partial charge on any atom is 0.189 e. The fraction of sp³-hybridized carbons (Fsp3) is 0.533. The van der Waals surface area contributed by atoms with Crippen LogP contribution in [0.5, 0.6) is 5.75 Å². The average Bonchev–Trinajstić information content (AvgIpc) is 3.16. The number of benzene rings is 1. The summed E-state index contributed by atoms with van der Waals surface area (Å²) in [5, 5.41) is 3.32. The first-order valence-corrected chi connectivity index (χ1v) is 6.94.